The fraction of sp³-hybridized carbons (Fsp3) is 0.833. The topological polar surface area (TPSA) is 76.1 Å². The molecule has 9 heteroatoms. The molecule has 0 aromatic heterocycles. The lowest BCUT2D eigenvalue weighted by atomic mass is 10.1. The number of carboxylic acid groups (broad SMARTS) is 1. The largest absolute Gasteiger partial charge is 0.481 e. The maximum absolute atomic E-state index is 12.8. The number of hydrogen-bond acceptors (Lipinski definition) is 4. The molecule has 0 bridgehead atoms. The lowest BCUT2D eigenvalue weighted by Gasteiger charge is -2.38. The first-order valence-corrected chi connectivity index (χ1v) is 6.30. The number of hydrogen-bond donors (Lipinski definition) is 1. The molecule has 1 heterocycles. The number of carboxylic acids is 1. The van der Waals surface area contributed by atoms with E-state index in [4.69, 9.17) is 14.6 Å². The highest BCUT2D eigenvalue weighted by Crippen LogP contribution is 2.29. The van der Waals surface area contributed by atoms with Crippen LogP contribution in [-0.4, -0.2) is 59.1 Å². The summed E-state index contributed by atoms with van der Waals surface area (Å²) in [7, 11) is 0. The molecule has 0 aliphatic carbocycles. The van der Waals surface area contributed by atoms with Crippen molar-refractivity contribution in [2.45, 2.75) is 51.2 Å². The van der Waals surface area contributed by atoms with E-state index in [1.165, 1.54) is 0 Å². The Labute approximate surface area is 119 Å². The van der Waals surface area contributed by atoms with Gasteiger partial charge in [0.15, 0.2) is 6.10 Å². The maximum atomic E-state index is 12.8. The van der Waals surface area contributed by atoms with Crippen molar-refractivity contribution in [1.82, 2.24) is 4.90 Å². The third-order valence-electron chi connectivity index (χ3n) is 2.59. The quantitative estimate of drug-likeness (QED) is 0.844. The Hall–Kier alpha value is -1.51. The van der Waals surface area contributed by atoms with Crippen molar-refractivity contribution in [3.63, 3.8) is 0 Å². The first-order valence-electron chi connectivity index (χ1n) is 6.30. The van der Waals surface area contributed by atoms with Crippen LogP contribution in [0.2, 0.25) is 0 Å². The van der Waals surface area contributed by atoms with Crippen LogP contribution in [-0.2, 0) is 14.3 Å². The minimum Gasteiger partial charge on any atom is -0.481 e. The summed E-state index contributed by atoms with van der Waals surface area (Å²) in [4.78, 5) is 23.3. The molecule has 0 unspecified atom stereocenters. The van der Waals surface area contributed by atoms with E-state index >= 15 is 0 Å². The van der Waals surface area contributed by atoms with Gasteiger partial charge < -0.3 is 19.5 Å². The van der Waals surface area contributed by atoms with E-state index in [0.717, 1.165) is 4.90 Å². The Morgan fingerprint density at radius 3 is 2.29 bits per heavy atom. The lowest BCUT2D eigenvalue weighted by Crippen LogP contribution is -2.55. The first kappa shape index (κ1) is 17.5. The number of nitrogens with zero attached hydrogens (tertiary/aromatic N) is 1. The normalized spacial score (nSPS) is 23.8. The predicted octanol–water partition coefficient (Wildman–Crippen LogP) is 2.03. The number of amides is 1. The summed E-state index contributed by atoms with van der Waals surface area (Å²) in [5.74, 6) is -1.30. The van der Waals surface area contributed by atoms with E-state index in [9.17, 15) is 22.8 Å². The number of carbonyl (C=O) groups is 2. The van der Waals surface area contributed by atoms with Crippen molar-refractivity contribution in [1.29, 1.82) is 0 Å². The minimum absolute atomic E-state index is 0.256. The third-order valence-corrected chi connectivity index (χ3v) is 2.59. The molecule has 0 saturated carbocycles. The number of alkyl halides is 3. The summed E-state index contributed by atoms with van der Waals surface area (Å²) in [5.41, 5.74) is -0.856. The zero-order valence-corrected chi connectivity index (χ0v) is 11.9. The van der Waals surface area contributed by atoms with Crippen LogP contribution in [0.15, 0.2) is 0 Å². The zero-order chi connectivity index (χ0) is 16.4. The highest BCUT2D eigenvalue weighted by Gasteiger charge is 2.47. The van der Waals surface area contributed by atoms with Gasteiger partial charge in [0.05, 0.1) is 25.6 Å². The van der Waals surface area contributed by atoms with E-state index in [1.807, 2.05) is 0 Å². The van der Waals surface area contributed by atoms with Gasteiger partial charge in [-0.25, -0.2) is 4.79 Å². The molecule has 21 heavy (non-hydrogen) atoms. The molecular weight excluding hydrogens is 295 g/mol. The second kappa shape index (κ2) is 6.08. The Bertz CT molecular complexity index is 405. The fourth-order valence-corrected chi connectivity index (χ4v) is 1.80. The lowest BCUT2D eigenvalue weighted by molar-refractivity contribution is -0.251. The first-order chi connectivity index (χ1) is 9.38. The molecule has 6 nitrogen and oxygen atoms in total. The molecule has 0 aromatic carbocycles. The van der Waals surface area contributed by atoms with Crippen molar-refractivity contribution >= 4 is 12.1 Å². The molecular formula is C12H18F3NO5. The Morgan fingerprint density at radius 2 is 1.86 bits per heavy atom. The van der Waals surface area contributed by atoms with Gasteiger partial charge in [-0.2, -0.15) is 13.2 Å². The standard InChI is InChI=1S/C12H18F3NO5/c1-11(2,3)21-10(19)16-5-7(4-9(17)18)20-8(6-16)12(13,14)15/h7-8H,4-6H2,1-3H3,(H,17,18)/t7-,8+/m1/s1. The summed E-state index contributed by atoms with van der Waals surface area (Å²) in [5, 5.41) is 8.67. The van der Waals surface area contributed by atoms with Gasteiger partial charge in [0, 0.05) is 0 Å². The molecule has 1 amide bonds. The number of rotatable bonds is 2. The van der Waals surface area contributed by atoms with Gasteiger partial charge in [0.25, 0.3) is 0 Å². The highest BCUT2D eigenvalue weighted by molar-refractivity contribution is 5.69. The summed E-state index contributed by atoms with van der Waals surface area (Å²) < 4.78 is 48.1. The molecule has 122 valence electrons. The number of carbonyl (C=O) groups excluding carboxylic acids is 1. The van der Waals surface area contributed by atoms with Crippen LogP contribution in [0.5, 0.6) is 0 Å². The zero-order valence-electron chi connectivity index (χ0n) is 11.9. The van der Waals surface area contributed by atoms with Crippen LogP contribution in [0, 0.1) is 0 Å². The van der Waals surface area contributed by atoms with E-state index in [0.29, 0.717) is 0 Å². The molecule has 0 spiro atoms. The molecule has 0 aromatic rings. The predicted molar refractivity (Wildman–Crippen MR) is 64.8 cm³/mol. The van der Waals surface area contributed by atoms with Gasteiger partial charge in [0.1, 0.15) is 5.60 Å². The monoisotopic (exact) mass is 313 g/mol. The smallest absolute Gasteiger partial charge is 0.416 e. The van der Waals surface area contributed by atoms with Gasteiger partial charge >= 0.3 is 18.2 Å². The van der Waals surface area contributed by atoms with Crippen LogP contribution in [0.1, 0.15) is 27.2 Å². The molecule has 1 rings (SSSR count). The van der Waals surface area contributed by atoms with Crippen LogP contribution < -0.4 is 0 Å². The number of aliphatic carboxylic acids is 1. The average Bonchev–Trinajstić information content (AvgIpc) is 2.23. The van der Waals surface area contributed by atoms with Crippen LogP contribution in [0.4, 0.5) is 18.0 Å². The molecule has 1 N–H and O–H groups in total. The van der Waals surface area contributed by atoms with Crippen molar-refractivity contribution in [2.24, 2.45) is 0 Å². The summed E-state index contributed by atoms with van der Waals surface area (Å²) in [6.45, 7) is 3.78. The number of morpholine rings is 1. The van der Waals surface area contributed by atoms with Crippen molar-refractivity contribution in [3.8, 4) is 0 Å². The average molecular weight is 313 g/mol. The Morgan fingerprint density at radius 1 is 1.29 bits per heavy atom. The van der Waals surface area contributed by atoms with Crippen LogP contribution in [0.25, 0.3) is 0 Å². The van der Waals surface area contributed by atoms with E-state index < -0.39 is 49.0 Å². The van der Waals surface area contributed by atoms with Crippen molar-refractivity contribution in [3.05, 3.63) is 0 Å². The fourth-order valence-electron chi connectivity index (χ4n) is 1.80. The minimum atomic E-state index is -4.68. The Balaban J connectivity index is 2.83. The summed E-state index contributed by atoms with van der Waals surface area (Å²) in [6, 6.07) is 0. The molecule has 1 fully saturated rings. The summed E-state index contributed by atoms with van der Waals surface area (Å²) >= 11 is 0. The highest BCUT2D eigenvalue weighted by atomic mass is 19.4. The maximum Gasteiger partial charge on any atom is 0.416 e. The number of ether oxygens (including phenoxy) is 2. The Kier molecular flexibility index (Phi) is 5.08. The van der Waals surface area contributed by atoms with Crippen LogP contribution >= 0.6 is 0 Å². The van der Waals surface area contributed by atoms with Gasteiger partial charge in [-0.3, -0.25) is 4.79 Å². The van der Waals surface area contributed by atoms with E-state index in [2.05, 4.69) is 0 Å². The third kappa shape index (κ3) is 5.78. The van der Waals surface area contributed by atoms with Crippen LogP contribution in [0.3, 0.4) is 0 Å². The van der Waals surface area contributed by atoms with Crippen molar-refractivity contribution in [2.75, 3.05) is 13.1 Å². The molecule has 1 saturated heterocycles. The SMILES string of the molecule is CC(C)(C)OC(=O)N1C[C@@H](CC(=O)O)O[C@H](C(F)(F)F)C1. The molecule has 1 aliphatic heterocycles. The second-order valence-electron chi connectivity index (χ2n) is 5.77. The summed E-state index contributed by atoms with van der Waals surface area (Å²) in [6.07, 6.45) is -9.67. The van der Waals surface area contributed by atoms with Gasteiger partial charge in [-0.1, -0.05) is 0 Å². The number of halogens is 3. The van der Waals surface area contributed by atoms with Gasteiger partial charge in [-0.05, 0) is 20.8 Å². The van der Waals surface area contributed by atoms with E-state index in [1.54, 1.807) is 20.8 Å². The molecule has 2 atom stereocenters. The molecule has 0 radical (unpaired) electrons. The van der Waals surface area contributed by atoms with Gasteiger partial charge in [-0.15, -0.1) is 0 Å². The van der Waals surface area contributed by atoms with Gasteiger partial charge in [0.2, 0.25) is 0 Å². The van der Waals surface area contributed by atoms with E-state index in [-0.39, 0.29) is 6.54 Å². The molecule has 1 aliphatic rings. The second-order valence-corrected chi connectivity index (χ2v) is 5.77. The van der Waals surface area contributed by atoms with Crippen molar-refractivity contribution < 1.29 is 37.3 Å².